The molecule has 0 aliphatic heterocycles. The number of rotatable bonds is 3. The second-order valence-electron chi connectivity index (χ2n) is 5.26. The van der Waals surface area contributed by atoms with E-state index in [4.69, 9.17) is 4.52 Å². The van der Waals surface area contributed by atoms with Crippen LogP contribution in [-0.4, -0.2) is 16.2 Å². The predicted octanol–water partition coefficient (Wildman–Crippen LogP) is 4.14. The summed E-state index contributed by atoms with van der Waals surface area (Å²) in [6, 6.07) is 11.0. The van der Waals surface area contributed by atoms with Crippen molar-refractivity contribution in [2.45, 2.75) is 13.8 Å². The van der Waals surface area contributed by atoms with E-state index in [9.17, 15) is 9.18 Å². The van der Waals surface area contributed by atoms with Crippen LogP contribution < -0.4 is 10.6 Å². The topological polar surface area (TPSA) is 80.0 Å². The molecule has 7 heteroatoms. The summed E-state index contributed by atoms with van der Waals surface area (Å²) in [5.41, 5.74) is 2.27. The number of amides is 2. The van der Waals surface area contributed by atoms with Crippen LogP contribution in [0.15, 0.2) is 47.0 Å². The van der Waals surface area contributed by atoms with Crippen LogP contribution in [0.5, 0.6) is 0 Å². The molecule has 0 unspecified atom stereocenters. The lowest BCUT2D eigenvalue weighted by Gasteiger charge is -2.08. The van der Waals surface area contributed by atoms with Gasteiger partial charge in [-0.1, -0.05) is 11.2 Å². The summed E-state index contributed by atoms with van der Waals surface area (Å²) in [7, 11) is 0. The summed E-state index contributed by atoms with van der Waals surface area (Å²) in [5, 5.41) is 9.08. The van der Waals surface area contributed by atoms with Crippen LogP contribution in [0.25, 0.3) is 11.4 Å². The molecule has 0 saturated carbocycles. The number of carbonyl (C=O) groups excluding carboxylic acids is 1. The fraction of sp³-hybridized carbons (Fsp3) is 0.118. The van der Waals surface area contributed by atoms with Crippen molar-refractivity contribution >= 4 is 17.4 Å². The molecule has 0 aliphatic rings. The number of nitrogens with zero attached hydrogens (tertiary/aromatic N) is 2. The van der Waals surface area contributed by atoms with Crippen LogP contribution >= 0.6 is 0 Å². The molecule has 0 aliphatic carbocycles. The number of anilines is 2. The highest BCUT2D eigenvalue weighted by Gasteiger charge is 2.07. The molecule has 0 bridgehead atoms. The highest BCUT2D eigenvalue weighted by atomic mass is 19.1. The monoisotopic (exact) mass is 326 g/mol. The third-order valence-electron chi connectivity index (χ3n) is 3.36. The second kappa shape index (κ2) is 6.49. The number of carbonyl (C=O) groups is 1. The van der Waals surface area contributed by atoms with Crippen molar-refractivity contribution in [3.63, 3.8) is 0 Å². The minimum Gasteiger partial charge on any atom is -0.339 e. The molecular weight excluding hydrogens is 311 g/mol. The fourth-order valence-corrected chi connectivity index (χ4v) is 2.08. The molecular formula is C17H15FN4O2. The maximum Gasteiger partial charge on any atom is 0.323 e. The molecule has 1 aromatic heterocycles. The van der Waals surface area contributed by atoms with Crippen molar-refractivity contribution in [1.29, 1.82) is 0 Å². The van der Waals surface area contributed by atoms with Gasteiger partial charge in [0.05, 0.1) is 0 Å². The molecule has 0 spiro atoms. The number of hydrogen-bond acceptors (Lipinski definition) is 4. The molecule has 0 saturated heterocycles. The maximum absolute atomic E-state index is 13.5. The van der Waals surface area contributed by atoms with Gasteiger partial charge >= 0.3 is 6.03 Å². The highest BCUT2D eigenvalue weighted by molar-refractivity contribution is 5.99. The number of halogens is 1. The molecule has 0 fully saturated rings. The van der Waals surface area contributed by atoms with E-state index in [0.717, 1.165) is 5.56 Å². The summed E-state index contributed by atoms with van der Waals surface area (Å²) in [4.78, 5) is 16.1. The van der Waals surface area contributed by atoms with E-state index < -0.39 is 6.03 Å². The Morgan fingerprint density at radius 1 is 1.04 bits per heavy atom. The van der Waals surface area contributed by atoms with Gasteiger partial charge in [-0.3, -0.25) is 0 Å². The average molecular weight is 326 g/mol. The zero-order chi connectivity index (χ0) is 17.1. The third-order valence-corrected chi connectivity index (χ3v) is 3.36. The smallest absolute Gasteiger partial charge is 0.323 e. The van der Waals surface area contributed by atoms with Gasteiger partial charge in [-0.2, -0.15) is 4.98 Å². The van der Waals surface area contributed by atoms with Crippen molar-refractivity contribution in [3.8, 4) is 11.4 Å². The van der Waals surface area contributed by atoms with Crippen molar-refractivity contribution in [2.75, 3.05) is 10.6 Å². The summed E-state index contributed by atoms with van der Waals surface area (Å²) in [6.07, 6.45) is 0. The van der Waals surface area contributed by atoms with E-state index in [1.807, 2.05) is 0 Å². The first-order valence-corrected chi connectivity index (χ1v) is 7.26. The minimum absolute atomic E-state index is 0.368. The van der Waals surface area contributed by atoms with E-state index in [1.165, 1.54) is 6.07 Å². The number of aromatic nitrogens is 2. The first kappa shape index (κ1) is 15.7. The van der Waals surface area contributed by atoms with Gasteiger partial charge in [0, 0.05) is 23.9 Å². The first-order valence-electron chi connectivity index (χ1n) is 7.26. The van der Waals surface area contributed by atoms with E-state index >= 15 is 0 Å². The van der Waals surface area contributed by atoms with Crippen molar-refractivity contribution in [1.82, 2.24) is 10.1 Å². The fourth-order valence-electron chi connectivity index (χ4n) is 2.08. The van der Waals surface area contributed by atoms with Gasteiger partial charge in [-0.25, -0.2) is 9.18 Å². The molecule has 24 heavy (non-hydrogen) atoms. The molecule has 2 aromatic carbocycles. The van der Waals surface area contributed by atoms with Gasteiger partial charge in [0.2, 0.25) is 11.7 Å². The Morgan fingerprint density at radius 2 is 1.71 bits per heavy atom. The van der Waals surface area contributed by atoms with Gasteiger partial charge in [0.25, 0.3) is 0 Å². The average Bonchev–Trinajstić information content (AvgIpc) is 2.98. The Hall–Kier alpha value is -3.22. The van der Waals surface area contributed by atoms with Gasteiger partial charge in [0.1, 0.15) is 5.82 Å². The Balaban J connectivity index is 1.65. The van der Waals surface area contributed by atoms with Gasteiger partial charge in [0.15, 0.2) is 0 Å². The SMILES string of the molecule is Cc1nc(-c2ccc(NC(=O)Nc3ccc(C)c(F)c3)cc2)no1. The predicted molar refractivity (Wildman–Crippen MR) is 88.2 cm³/mol. The standard InChI is InChI=1S/C17H15FN4O2/c1-10-3-6-14(9-15(10)18)21-17(23)20-13-7-4-12(5-8-13)16-19-11(2)24-22-16/h3-9H,1-2H3,(H2,20,21,23). The van der Waals surface area contributed by atoms with Crippen LogP contribution in [-0.2, 0) is 0 Å². The lowest BCUT2D eigenvalue weighted by Crippen LogP contribution is -2.19. The van der Waals surface area contributed by atoms with Crippen LogP contribution in [0.4, 0.5) is 20.6 Å². The zero-order valence-corrected chi connectivity index (χ0v) is 13.1. The van der Waals surface area contributed by atoms with E-state index in [0.29, 0.717) is 28.7 Å². The van der Waals surface area contributed by atoms with Gasteiger partial charge in [-0.15, -0.1) is 0 Å². The quantitative estimate of drug-likeness (QED) is 0.758. The molecule has 2 N–H and O–H groups in total. The van der Waals surface area contributed by atoms with Crippen LogP contribution in [0.3, 0.4) is 0 Å². The van der Waals surface area contributed by atoms with E-state index in [-0.39, 0.29) is 5.82 Å². The Morgan fingerprint density at radius 3 is 2.33 bits per heavy atom. The molecule has 0 atom stereocenters. The first-order chi connectivity index (χ1) is 11.5. The van der Waals surface area contributed by atoms with Crippen molar-refractivity contribution in [3.05, 3.63) is 59.7 Å². The molecule has 122 valence electrons. The van der Waals surface area contributed by atoms with Crippen LogP contribution in [0.1, 0.15) is 11.5 Å². The number of benzene rings is 2. The largest absolute Gasteiger partial charge is 0.339 e. The molecule has 2 amide bonds. The minimum atomic E-state index is -0.457. The number of hydrogen-bond donors (Lipinski definition) is 2. The summed E-state index contributed by atoms with van der Waals surface area (Å²) >= 11 is 0. The number of urea groups is 1. The van der Waals surface area contributed by atoms with Crippen molar-refractivity contribution in [2.24, 2.45) is 0 Å². The number of nitrogens with one attached hydrogen (secondary N) is 2. The highest BCUT2D eigenvalue weighted by Crippen LogP contribution is 2.19. The summed E-state index contributed by atoms with van der Waals surface area (Å²) in [6.45, 7) is 3.37. The number of aryl methyl sites for hydroxylation is 2. The molecule has 1 heterocycles. The molecule has 6 nitrogen and oxygen atoms in total. The maximum atomic E-state index is 13.5. The van der Waals surface area contributed by atoms with Gasteiger partial charge in [-0.05, 0) is 48.9 Å². The lowest BCUT2D eigenvalue weighted by atomic mass is 10.2. The third kappa shape index (κ3) is 3.57. The summed E-state index contributed by atoms with van der Waals surface area (Å²) < 4.78 is 18.4. The van der Waals surface area contributed by atoms with Gasteiger partial charge < -0.3 is 15.2 Å². The normalized spacial score (nSPS) is 10.5. The zero-order valence-electron chi connectivity index (χ0n) is 13.1. The van der Waals surface area contributed by atoms with E-state index in [1.54, 1.807) is 50.2 Å². The van der Waals surface area contributed by atoms with Crippen LogP contribution in [0, 0.1) is 19.7 Å². The molecule has 3 rings (SSSR count). The molecule has 3 aromatic rings. The van der Waals surface area contributed by atoms with E-state index in [2.05, 4.69) is 20.8 Å². The second-order valence-corrected chi connectivity index (χ2v) is 5.26. The van der Waals surface area contributed by atoms with Crippen molar-refractivity contribution < 1.29 is 13.7 Å². The lowest BCUT2D eigenvalue weighted by molar-refractivity contribution is 0.262. The summed E-state index contributed by atoms with van der Waals surface area (Å²) in [5.74, 6) is 0.600. The Kier molecular flexibility index (Phi) is 4.24. The van der Waals surface area contributed by atoms with Crippen LogP contribution in [0.2, 0.25) is 0 Å². The Labute approximate surface area is 137 Å². The Bertz CT molecular complexity index is 875. The molecule has 0 radical (unpaired) electrons.